The Bertz CT molecular complexity index is 613. The second-order valence-electron chi connectivity index (χ2n) is 8.78. The van der Waals surface area contributed by atoms with E-state index in [9.17, 15) is 9.90 Å². The van der Waals surface area contributed by atoms with Crippen molar-refractivity contribution in [3.8, 4) is 0 Å². The molecule has 2 unspecified atom stereocenters. The molecule has 5 heteroatoms. The van der Waals surface area contributed by atoms with Gasteiger partial charge >= 0.3 is 0 Å². The summed E-state index contributed by atoms with van der Waals surface area (Å²) in [4.78, 5) is 14.7. The lowest BCUT2D eigenvalue weighted by molar-refractivity contribution is -0.122. The predicted molar refractivity (Wildman–Crippen MR) is 106 cm³/mol. The minimum atomic E-state index is -0.118. The normalized spacial score (nSPS) is 29.0. The van der Waals surface area contributed by atoms with Crippen LogP contribution < -0.4 is 10.6 Å². The number of rotatable bonds is 6. The van der Waals surface area contributed by atoms with E-state index in [1.807, 2.05) is 0 Å². The first-order valence-corrected chi connectivity index (χ1v) is 10.6. The molecule has 3 heterocycles. The van der Waals surface area contributed by atoms with E-state index in [0.29, 0.717) is 31.0 Å². The number of nitrogens with zero attached hydrogens (tertiary/aromatic N) is 1. The minimum Gasteiger partial charge on any atom is -0.393 e. The Morgan fingerprint density at radius 2 is 1.67 bits per heavy atom. The third-order valence-corrected chi connectivity index (χ3v) is 6.52. The highest BCUT2D eigenvalue weighted by molar-refractivity contribution is 5.76. The highest BCUT2D eigenvalue weighted by Crippen LogP contribution is 2.32. The standard InChI is InChI=1S/C22H33N3O2/c26-21-7-9-25(10-8-21)15-17-3-1-16(2-4-17)14-23-22(27)13-18-11-19-5-6-20(12-18)24-19/h1-4,18-21,24,26H,5-15H2,(H,23,27). The van der Waals surface area contributed by atoms with E-state index in [-0.39, 0.29) is 12.0 Å². The largest absolute Gasteiger partial charge is 0.393 e. The van der Waals surface area contributed by atoms with Gasteiger partial charge in [0, 0.05) is 44.7 Å². The van der Waals surface area contributed by atoms with E-state index in [0.717, 1.165) is 50.9 Å². The summed E-state index contributed by atoms with van der Waals surface area (Å²) in [7, 11) is 0. The second kappa shape index (κ2) is 8.72. The molecular weight excluding hydrogens is 338 g/mol. The van der Waals surface area contributed by atoms with Gasteiger partial charge in [-0.1, -0.05) is 24.3 Å². The van der Waals surface area contributed by atoms with Crippen molar-refractivity contribution in [2.24, 2.45) is 5.92 Å². The average Bonchev–Trinajstić information content (AvgIpc) is 3.01. The molecule has 3 saturated heterocycles. The van der Waals surface area contributed by atoms with Crippen LogP contribution in [0.25, 0.3) is 0 Å². The number of aliphatic hydroxyl groups excluding tert-OH is 1. The van der Waals surface area contributed by atoms with Gasteiger partial charge in [0.2, 0.25) is 5.91 Å². The molecule has 0 radical (unpaired) electrons. The van der Waals surface area contributed by atoms with E-state index in [1.54, 1.807) is 0 Å². The van der Waals surface area contributed by atoms with Gasteiger partial charge in [-0.3, -0.25) is 9.69 Å². The summed E-state index contributed by atoms with van der Waals surface area (Å²) in [5, 5.41) is 16.3. The predicted octanol–water partition coefficient (Wildman–Crippen LogP) is 2.18. The fraction of sp³-hybridized carbons (Fsp3) is 0.682. The maximum Gasteiger partial charge on any atom is 0.220 e. The average molecular weight is 372 g/mol. The van der Waals surface area contributed by atoms with Crippen LogP contribution in [0.1, 0.15) is 56.1 Å². The molecule has 0 saturated carbocycles. The molecule has 3 fully saturated rings. The molecule has 2 bridgehead atoms. The van der Waals surface area contributed by atoms with E-state index < -0.39 is 0 Å². The summed E-state index contributed by atoms with van der Waals surface area (Å²) in [5.41, 5.74) is 2.46. The molecule has 2 atom stereocenters. The maximum atomic E-state index is 12.3. The number of hydrogen-bond donors (Lipinski definition) is 3. The van der Waals surface area contributed by atoms with Gasteiger partial charge in [-0.15, -0.1) is 0 Å². The van der Waals surface area contributed by atoms with Gasteiger partial charge in [-0.05, 0) is 55.6 Å². The van der Waals surface area contributed by atoms with Crippen molar-refractivity contribution in [3.63, 3.8) is 0 Å². The topological polar surface area (TPSA) is 64.6 Å². The minimum absolute atomic E-state index is 0.118. The van der Waals surface area contributed by atoms with Crippen LogP contribution in [0.3, 0.4) is 0 Å². The lowest BCUT2D eigenvalue weighted by atomic mass is 9.89. The Morgan fingerprint density at radius 3 is 2.33 bits per heavy atom. The number of carbonyl (C=O) groups excluding carboxylic acids is 1. The third-order valence-electron chi connectivity index (χ3n) is 6.52. The van der Waals surface area contributed by atoms with E-state index >= 15 is 0 Å². The van der Waals surface area contributed by atoms with Crippen molar-refractivity contribution < 1.29 is 9.90 Å². The molecule has 0 aromatic heterocycles. The van der Waals surface area contributed by atoms with Gasteiger partial charge in [0.15, 0.2) is 0 Å². The van der Waals surface area contributed by atoms with Crippen molar-refractivity contribution in [2.75, 3.05) is 13.1 Å². The molecule has 5 nitrogen and oxygen atoms in total. The van der Waals surface area contributed by atoms with Crippen molar-refractivity contribution in [3.05, 3.63) is 35.4 Å². The van der Waals surface area contributed by atoms with Gasteiger partial charge < -0.3 is 15.7 Å². The molecular formula is C22H33N3O2. The number of likely N-dealkylation sites (tertiary alicyclic amines) is 1. The molecule has 1 amide bonds. The molecule has 3 aliphatic heterocycles. The van der Waals surface area contributed by atoms with Crippen LogP contribution in [-0.4, -0.2) is 47.2 Å². The van der Waals surface area contributed by atoms with Gasteiger partial charge in [-0.2, -0.15) is 0 Å². The monoisotopic (exact) mass is 371 g/mol. The maximum absolute atomic E-state index is 12.3. The van der Waals surface area contributed by atoms with E-state index in [4.69, 9.17) is 0 Å². The van der Waals surface area contributed by atoms with Crippen LogP contribution in [0.15, 0.2) is 24.3 Å². The molecule has 0 aliphatic carbocycles. The quantitative estimate of drug-likeness (QED) is 0.717. The van der Waals surface area contributed by atoms with Crippen molar-refractivity contribution in [1.82, 2.24) is 15.5 Å². The molecule has 1 aromatic carbocycles. The van der Waals surface area contributed by atoms with Crippen molar-refractivity contribution >= 4 is 5.91 Å². The van der Waals surface area contributed by atoms with Crippen molar-refractivity contribution in [2.45, 2.75) is 76.2 Å². The molecule has 27 heavy (non-hydrogen) atoms. The van der Waals surface area contributed by atoms with Crippen LogP contribution >= 0.6 is 0 Å². The second-order valence-corrected chi connectivity index (χ2v) is 8.78. The number of benzene rings is 1. The van der Waals surface area contributed by atoms with Crippen molar-refractivity contribution in [1.29, 1.82) is 0 Å². The van der Waals surface area contributed by atoms with Gasteiger partial charge in [-0.25, -0.2) is 0 Å². The lowest BCUT2D eigenvalue weighted by Crippen LogP contribution is -2.39. The zero-order chi connectivity index (χ0) is 18.6. The van der Waals surface area contributed by atoms with Crippen LogP contribution in [0, 0.1) is 5.92 Å². The molecule has 3 aliphatic rings. The van der Waals surface area contributed by atoms with Crippen LogP contribution in [0.4, 0.5) is 0 Å². The highest BCUT2D eigenvalue weighted by atomic mass is 16.3. The SMILES string of the molecule is O=C(CC1CC2CCC(C1)N2)NCc1ccc(CN2CCC(O)CC2)cc1. The first-order chi connectivity index (χ1) is 13.1. The van der Waals surface area contributed by atoms with Crippen LogP contribution in [0.2, 0.25) is 0 Å². The van der Waals surface area contributed by atoms with Gasteiger partial charge in [0.05, 0.1) is 6.10 Å². The Hall–Kier alpha value is -1.43. The molecule has 1 aromatic rings. The smallest absolute Gasteiger partial charge is 0.220 e. The number of amides is 1. The molecule has 0 spiro atoms. The highest BCUT2D eigenvalue weighted by Gasteiger charge is 2.34. The molecule has 4 rings (SSSR count). The fourth-order valence-corrected chi connectivity index (χ4v) is 4.97. The van der Waals surface area contributed by atoms with E-state index in [2.05, 4.69) is 39.8 Å². The first-order valence-electron chi connectivity index (χ1n) is 10.6. The summed E-state index contributed by atoms with van der Waals surface area (Å²) in [6.07, 6.45) is 7.20. The summed E-state index contributed by atoms with van der Waals surface area (Å²) < 4.78 is 0. The summed E-state index contributed by atoms with van der Waals surface area (Å²) in [5.74, 6) is 0.742. The number of aliphatic hydroxyl groups is 1. The lowest BCUT2D eigenvalue weighted by Gasteiger charge is -2.29. The molecule has 3 N–H and O–H groups in total. The number of hydrogen-bond acceptors (Lipinski definition) is 4. The van der Waals surface area contributed by atoms with Gasteiger partial charge in [0.1, 0.15) is 0 Å². The Morgan fingerprint density at radius 1 is 1.04 bits per heavy atom. The van der Waals surface area contributed by atoms with Gasteiger partial charge in [0.25, 0.3) is 0 Å². The number of piperidine rings is 2. The summed E-state index contributed by atoms with van der Waals surface area (Å²) in [6.45, 7) is 3.50. The first kappa shape index (κ1) is 18.9. The van der Waals surface area contributed by atoms with Crippen LogP contribution in [0.5, 0.6) is 0 Å². The summed E-state index contributed by atoms with van der Waals surface area (Å²) in [6, 6.07) is 9.88. The van der Waals surface area contributed by atoms with Crippen LogP contribution in [-0.2, 0) is 17.9 Å². The Labute approximate surface area is 162 Å². The number of fused-ring (bicyclic) bond motifs is 2. The Kier molecular flexibility index (Phi) is 6.11. The molecule has 148 valence electrons. The third kappa shape index (κ3) is 5.31. The zero-order valence-electron chi connectivity index (χ0n) is 16.2. The summed E-state index contributed by atoms with van der Waals surface area (Å²) >= 11 is 0. The van der Waals surface area contributed by atoms with E-state index in [1.165, 1.54) is 18.4 Å². The number of nitrogens with one attached hydrogen (secondary N) is 2. The zero-order valence-corrected chi connectivity index (χ0v) is 16.2. The number of carbonyl (C=O) groups is 1. The Balaban J connectivity index is 1.19. The fourth-order valence-electron chi connectivity index (χ4n) is 4.97.